The third-order valence-corrected chi connectivity index (χ3v) is 4.38. The summed E-state index contributed by atoms with van der Waals surface area (Å²) < 4.78 is 26.5. The molecule has 0 unspecified atom stereocenters. The first-order chi connectivity index (χ1) is 9.53. The number of imidazole rings is 1. The third-order valence-electron chi connectivity index (χ3n) is 2.61. The Morgan fingerprint density at radius 1 is 1.45 bits per heavy atom. The number of benzene rings is 1. The molecule has 0 radical (unpaired) electrons. The number of nitriles is 1. The fraction of sp³-hybridized carbons (Fsp3) is 0.167. The van der Waals surface area contributed by atoms with Crippen molar-refractivity contribution in [1.82, 2.24) is 14.7 Å². The standard InChI is InChI=1S/C12H11ClN4O2S/c13-12-5-11(2-1-9(12)6-14)20(18,19)17-4-3-10-7-15-8-16-10/h1-2,5,7-8,17H,3-4H2,(H,15,16). The van der Waals surface area contributed by atoms with E-state index in [0.29, 0.717) is 6.42 Å². The molecule has 20 heavy (non-hydrogen) atoms. The number of nitrogens with zero attached hydrogens (tertiary/aromatic N) is 2. The molecule has 0 spiro atoms. The number of hydrogen-bond acceptors (Lipinski definition) is 4. The van der Waals surface area contributed by atoms with Crippen molar-refractivity contribution < 1.29 is 8.42 Å². The largest absolute Gasteiger partial charge is 0.348 e. The molecule has 0 bridgehead atoms. The zero-order chi connectivity index (χ0) is 14.6. The highest BCUT2D eigenvalue weighted by Crippen LogP contribution is 2.19. The molecule has 104 valence electrons. The van der Waals surface area contributed by atoms with Gasteiger partial charge in [0.15, 0.2) is 0 Å². The van der Waals surface area contributed by atoms with Crippen LogP contribution in [0.3, 0.4) is 0 Å². The number of aromatic amines is 1. The number of halogens is 1. The molecule has 1 aromatic carbocycles. The Morgan fingerprint density at radius 2 is 2.25 bits per heavy atom. The summed E-state index contributed by atoms with van der Waals surface area (Å²) >= 11 is 5.82. The van der Waals surface area contributed by atoms with Crippen LogP contribution in [0.5, 0.6) is 0 Å². The summed E-state index contributed by atoms with van der Waals surface area (Å²) in [6.45, 7) is 0.238. The molecule has 0 fully saturated rings. The zero-order valence-corrected chi connectivity index (χ0v) is 11.9. The lowest BCUT2D eigenvalue weighted by Crippen LogP contribution is -2.26. The molecular weight excluding hydrogens is 300 g/mol. The second-order valence-electron chi connectivity index (χ2n) is 3.98. The first-order valence-corrected chi connectivity index (χ1v) is 7.55. The number of H-pyrrole nitrogens is 1. The number of nitrogens with one attached hydrogen (secondary N) is 2. The van der Waals surface area contributed by atoms with Crippen LogP contribution in [0.1, 0.15) is 11.3 Å². The molecule has 2 N–H and O–H groups in total. The van der Waals surface area contributed by atoms with Crippen molar-refractivity contribution in [3.63, 3.8) is 0 Å². The van der Waals surface area contributed by atoms with Crippen LogP contribution in [0.2, 0.25) is 5.02 Å². The van der Waals surface area contributed by atoms with Gasteiger partial charge in [0.25, 0.3) is 0 Å². The van der Waals surface area contributed by atoms with Crippen LogP contribution >= 0.6 is 11.6 Å². The van der Waals surface area contributed by atoms with E-state index in [1.54, 1.807) is 6.20 Å². The summed E-state index contributed by atoms with van der Waals surface area (Å²) in [5.74, 6) is 0. The van der Waals surface area contributed by atoms with Crippen molar-refractivity contribution >= 4 is 21.6 Å². The number of aromatic nitrogens is 2. The second kappa shape index (κ2) is 6.05. The fourth-order valence-corrected chi connectivity index (χ4v) is 2.92. The smallest absolute Gasteiger partial charge is 0.240 e. The summed E-state index contributed by atoms with van der Waals surface area (Å²) in [6, 6.07) is 5.87. The van der Waals surface area contributed by atoms with Crippen molar-refractivity contribution in [3.8, 4) is 6.07 Å². The normalized spacial score (nSPS) is 11.2. The quantitative estimate of drug-likeness (QED) is 0.873. The Labute approximate surface area is 121 Å². The molecule has 0 atom stereocenters. The van der Waals surface area contributed by atoms with Crippen LogP contribution < -0.4 is 4.72 Å². The van der Waals surface area contributed by atoms with Gasteiger partial charge in [-0.25, -0.2) is 18.1 Å². The molecular formula is C12H11ClN4O2S. The molecule has 0 aliphatic heterocycles. The molecule has 6 nitrogen and oxygen atoms in total. The van der Waals surface area contributed by atoms with Crippen molar-refractivity contribution in [2.24, 2.45) is 0 Å². The number of rotatable bonds is 5. The van der Waals surface area contributed by atoms with Crippen LogP contribution in [0, 0.1) is 11.3 Å². The molecule has 1 aromatic heterocycles. The van der Waals surface area contributed by atoms with Crippen LogP contribution in [0.25, 0.3) is 0 Å². The average Bonchev–Trinajstić information content (AvgIpc) is 2.91. The second-order valence-corrected chi connectivity index (χ2v) is 6.15. The number of hydrogen-bond donors (Lipinski definition) is 2. The predicted octanol–water partition coefficient (Wildman–Crippen LogP) is 1.46. The SMILES string of the molecule is N#Cc1ccc(S(=O)(=O)NCCc2cnc[nH]2)cc1Cl. The van der Waals surface area contributed by atoms with Gasteiger partial charge in [0.1, 0.15) is 6.07 Å². The highest BCUT2D eigenvalue weighted by Gasteiger charge is 2.15. The van der Waals surface area contributed by atoms with E-state index in [2.05, 4.69) is 14.7 Å². The van der Waals surface area contributed by atoms with Gasteiger partial charge in [0.2, 0.25) is 10.0 Å². The minimum absolute atomic E-state index is 0.0334. The van der Waals surface area contributed by atoms with E-state index in [0.717, 1.165) is 5.69 Å². The molecule has 0 aliphatic carbocycles. The van der Waals surface area contributed by atoms with Gasteiger partial charge in [-0.1, -0.05) is 11.6 Å². The molecule has 2 aromatic rings. The van der Waals surface area contributed by atoms with E-state index in [1.165, 1.54) is 24.5 Å². The van der Waals surface area contributed by atoms with Gasteiger partial charge in [-0.05, 0) is 18.2 Å². The van der Waals surface area contributed by atoms with E-state index < -0.39 is 10.0 Å². The van der Waals surface area contributed by atoms with Crippen LogP contribution in [-0.4, -0.2) is 24.9 Å². The molecule has 0 saturated heterocycles. The monoisotopic (exact) mass is 310 g/mol. The summed E-state index contributed by atoms with van der Waals surface area (Å²) in [6.07, 6.45) is 3.67. The fourth-order valence-electron chi connectivity index (χ4n) is 1.58. The van der Waals surface area contributed by atoms with Crippen LogP contribution in [0.4, 0.5) is 0 Å². The summed E-state index contributed by atoms with van der Waals surface area (Å²) in [5.41, 5.74) is 1.08. The van der Waals surface area contributed by atoms with Crippen molar-refractivity contribution in [2.75, 3.05) is 6.54 Å². The molecule has 8 heteroatoms. The van der Waals surface area contributed by atoms with E-state index in [9.17, 15) is 8.42 Å². The van der Waals surface area contributed by atoms with Gasteiger partial charge in [0, 0.05) is 24.9 Å². The lowest BCUT2D eigenvalue weighted by atomic mass is 10.2. The van der Waals surface area contributed by atoms with Gasteiger partial charge >= 0.3 is 0 Å². The Morgan fingerprint density at radius 3 is 2.85 bits per heavy atom. The maximum Gasteiger partial charge on any atom is 0.240 e. The summed E-state index contributed by atoms with van der Waals surface area (Å²) in [5, 5.41) is 8.87. The van der Waals surface area contributed by atoms with Gasteiger partial charge in [-0.3, -0.25) is 0 Å². The Bertz CT molecular complexity index is 735. The van der Waals surface area contributed by atoms with Gasteiger partial charge in [-0.15, -0.1) is 0 Å². The summed E-state index contributed by atoms with van der Waals surface area (Å²) in [4.78, 5) is 6.76. The van der Waals surface area contributed by atoms with E-state index in [1.807, 2.05) is 6.07 Å². The molecule has 0 amide bonds. The average molecular weight is 311 g/mol. The summed E-state index contributed by atoms with van der Waals surface area (Å²) in [7, 11) is -3.64. The maximum atomic E-state index is 12.0. The minimum Gasteiger partial charge on any atom is -0.348 e. The molecule has 0 aliphatic rings. The van der Waals surface area contributed by atoms with Gasteiger partial charge < -0.3 is 4.98 Å². The first kappa shape index (κ1) is 14.5. The molecule has 2 rings (SSSR count). The van der Waals surface area contributed by atoms with Crippen LogP contribution in [0.15, 0.2) is 35.6 Å². The van der Waals surface area contributed by atoms with E-state index >= 15 is 0 Å². The Hall–Kier alpha value is -1.88. The highest BCUT2D eigenvalue weighted by atomic mass is 35.5. The first-order valence-electron chi connectivity index (χ1n) is 5.69. The highest BCUT2D eigenvalue weighted by molar-refractivity contribution is 7.89. The third kappa shape index (κ3) is 3.36. The Kier molecular flexibility index (Phi) is 4.39. The van der Waals surface area contributed by atoms with Crippen molar-refractivity contribution in [3.05, 3.63) is 47.0 Å². The van der Waals surface area contributed by atoms with Crippen molar-refractivity contribution in [1.29, 1.82) is 5.26 Å². The Balaban J connectivity index is 2.06. The zero-order valence-electron chi connectivity index (χ0n) is 10.3. The lowest BCUT2D eigenvalue weighted by molar-refractivity contribution is 0.581. The lowest BCUT2D eigenvalue weighted by Gasteiger charge is -2.07. The minimum atomic E-state index is -3.64. The van der Waals surface area contributed by atoms with E-state index in [4.69, 9.17) is 16.9 Å². The topological polar surface area (TPSA) is 98.6 Å². The van der Waals surface area contributed by atoms with Gasteiger partial charge in [0.05, 0.1) is 21.8 Å². The number of sulfonamides is 1. The molecule has 0 saturated carbocycles. The van der Waals surface area contributed by atoms with E-state index in [-0.39, 0.29) is 22.0 Å². The van der Waals surface area contributed by atoms with Gasteiger partial charge in [-0.2, -0.15) is 5.26 Å². The maximum absolute atomic E-state index is 12.0. The molecule has 1 heterocycles. The van der Waals surface area contributed by atoms with Crippen molar-refractivity contribution in [2.45, 2.75) is 11.3 Å². The van der Waals surface area contributed by atoms with Crippen LogP contribution in [-0.2, 0) is 16.4 Å². The predicted molar refractivity (Wildman–Crippen MR) is 73.6 cm³/mol.